The fourth-order valence-corrected chi connectivity index (χ4v) is 6.01. The van der Waals surface area contributed by atoms with Crippen molar-refractivity contribution in [3.8, 4) is 0 Å². The molecule has 5 atom stereocenters. The van der Waals surface area contributed by atoms with Gasteiger partial charge in [0.25, 0.3) is 5.91 Å². The zero-order valence-electron chi connectivity index (χ0n) is 26.1. The summed E-state index contributed by atoms with van der Waals surface area (Å²) in [6.07, 6.45) is -0.0496. The van der Waals surface area contributed by atoms with Gasteiger partial charge in [0, 0.05) is 43.2 Å². The Balaban J connectivity index is 1.38. The highest BCUT2D eigenvalue weighted by Gasteiger charge is 2.70. The zero-order valence-corrected chi connectivity index (χ0v) is 26.1. The van der Waals surface area contributed by atoms with Crippen molar-refractivity contribution in [3.05, 3.63) is 40.2 Å². The minimum atomic E-state index is -1.96. The number of benzene rings is 1. The van der Waals surface area contributed by atoms with Gasteiger partial charge in [0.2, 0.25) is 17.7 Å². The SMILES string of the molecule is COC12CCN[C@@]1(C(=O)N[C@@H](C)C(=O)N[C@@H](C)C(=O)N[C@H](C(=O)Nc1ccc3c(C)cc(=O)oc3c1)C(C)C)C(=O)CCC2=O. The molecule has 242 valence electrons. The highest BCUT2D eigenvalue weighted by atomic mass is 16.5. The van der Waals surface area contributed by atoms with Crippen LogP contribution in [0, 0.1) is 12.8 Å². The number of carbonyl (C=O) groups is 6. The number of ketones is 2. The molecule has 4 amide bonds. The minimum absolute atomic E-state index is 0.0402. The summed E-state index contributed by atoms with van der Waals surface area (Å²) in [4.78, 5) is 90.3. The number of Topliss-reactive ketones (excluding diaryl/α,β-unsaturated/α-hetero) is 2. The lowest BCUT2D eigenvalue weighted by molar-refractivity contribution is -0.168. The van der Waals surface area contributed by atoms with Gasteiger partial charge in [-0.2, -0.15) is 0 Å². The lowest BCUT2D eigenvalue weighted by Gasteiger charge is -2.44. The summed E-state index contributed by atoms with van der Waals surface area (Å²) in [6.45, 7) is 8.24. The largest absolute Gasteiger partial charge is 0.423 e. The predicted molar refractivity (Wildman–Crippen MR) is 162 cm³/mol. The number of methoxy groups -OCH3 is 1. The summed E-state index contributed by atoms with van der Waals surface area (Å²) >= 11 is 0. The van der Waals surface area contributed by atoms with E-state index in [1.807, 2.05) is 0 Å². The van der Waals surface area contributed by atoms with Crippen molar-refractivity contribution in [3.63, 3.8) is 0 Å². The number of hydrogen-bond acceptors (Lipinski definition) is 10. The lowest BCUT2D eigenvalue weighted by Crippen LogP contribution is -2.75. The molecule has 2 heterocycles. The Morgan fingerprint density at radius 1 is 0.889 bits per heavy atom. The molecule has 1 unspecified atom stereocenters. The molecule has 1 aliphatic carbocycles. The van der Waals surface area contributed by atoms with Gasteiger partial charge in [-0.3, -0.25) is 34.1 Å². The molecular formula is C31H39N5O9. The van der Waals surface area contributed by atoms with E-state index in [2.05, 4.69) is 26.6 Å². The van der Waals surface area contributed by atoms with Gasteiger partial charge in [-0.1, -0.05) is 13.8 Å². The molecule has 0 spiro atoms. The summed E-state index contributed by atoms with van der Waals surface area (Å²) in [5.74, 6) is -3.97. The Morgan fingerprint density at radius 3 is 2.20 bits per heavy atom. The van der Waals surface area contributed by atoms with E-state index in [0.717, 1.165) is 5.56 Å². The average molecular weight is 626 g/mol. The zero-order chi connectivity index (χ0) is 33.3. The first-order valence-corrected chi connectivity index (χ1v) is 14.8. The Morgan fingerprint density at radius 2 is 1.53 bits per heavy atom. The van der Waals surface area contributed by atoms with Crippen LogP contribution in [-0.4, -0.2) is 78.1 Å². The number of ether oxygens (including phenoxy) is 1. The van der Waals surface area contributed by atoms with E-state index in [0.29, 0.717) is 16.7 Å². The summed E-state index contributed by atoms with van der Waals surface area (Å²) in [5, 5.41) is 14.0. The number of carbonyl (C=O) groups excluding carboxylic acids is 6. The van der Waals surface area contributed by atoms with Crippen LogP contribution in [0.1, 0.15) is 52.5 Å². The van der Waals surface area contributed by atoms with Crippen LogP contribution in [0.25, 0.3) is 11.0 Å². The van der Waals surface area contributed by atoms with Gasteiger partial charge < -0.3 is 30.4 Å². The van der Waals surface area contributed by atoms with Crippen molar-refractivity contribution >= 4 is 51.9 Å². The highest BCUT2D eigenvalue weighted by molar-refractivity contribution is 6.21. The maximum Gasteiger partial charge on any atom is 0.336 e. The number of amides is 4. The van der Waals surface area contributed by atoms with Gasteiger partial charge in [0.1, 0.15) is 23.7 Å². The molecule has 1 aromatic heterocycles. The molecule has 45 heavy (non-hydrogen) atoms. The minimum Gasteiger partial charge on any atom is -0.423 e. The van der Waals surface area contributed by atoms with Crippen molar-refractivity contribution in [2.75, 3.05) is 19.0 Å². The first-order chi connectivity index (χ1) is 21.2. The molecule has 14 nitrogen and oxygen atoms in total. The number of anilines is 1. The van der Waals surface area contributed by atoms with Crippen LogP contribution in [-0.2, 0) is 33.5 Å². The first-order valence-electron chi connectivity index (χ1n) is 14.8. The second kappa shape index (κ2) is 12.9. The normalized spacial score (nSPS) is 23.2. The molecular weight excluding hydrogens is 586 g/mol. The maximum atomic E-state index is 13.5. The van der Waals surface area contributed by atoms with Gasteiger partial charge in [0.05, 0.1) is 0 Å². The van der Waals surface area contributed by atoms with Crippen molar-refractivity contribution < 1.29 is 37.9 Å². The standard InChI is InChI=1S/C31H39N5O9/c1-15(2)25(28(42)35-19-7-8-20-16(3)13-24(39)45-21(20)14-19)36-27(41)17(4)33-26(40)18(5)34-29(43)31-23(38)10-9-22(37)30(31,44-6)11-12-32-31/h7-8,13-15,17-18,25,32H,9-12H2,1-6H3,(H,33,40)(H,34,43)(H,35,42)(H,36,41)/t17-,18-,25-,30?,31+/m0/s1. The Kier molecular flexibility index (Phi) is 9.59. The number of rotatable bonds is 10. The third-order valence-corrected chi connectivity index (χ3v) is 8.57. The summed E-state index contributed by atoms with van der Waals surface area (Å²) in [5.41, 5.74) is -2.75. The molecule has 1 saturated carbocycles. The molecule has 1 saturated heterocycles. The van der Waals surface area contributed by atoms with Crippen molar-refractivity contribution in [2.24, 2.45) is 5.92 Å². The van der Waals surface area contributed by atoms with E-state index in [-0.39, 0.29) is 37.5 Å². The van der Waals surface area contributed by atoms with Crippen molar-refractivity contribution in [2.45, 2.75) is 83.1 Å². The molecule has 1 aromatic carbocycles. The Hall–Kier alpha value is -4.43. The van der Waals surface area contributed by atoms with Crippen LogP contribution in [0.4, 0.5) is 5.69 Å². The van der Waals surface area contributed by atoms with Crippen LogP contribution in [0.3, 0.4) is 0 Å². The smallest absolute Gasteiger partial charge is 0.336 e. The fourth-order valence-electron chi connectivity index (χ4n) is 6.01. The molecule has 1 aliphatic heterocycles. The second-order valence-electron chi connectivity index (χ2n) is 11.9. The Labute approximate surface area is 259 Å². The number of aryl methyl sites for hydroxylation is 1. The molecule has 2 fully saturated rings. The van der Waals surface area contributed by atoms with Crippen LogP contribution >= 0.6 is 0 Å². The first kappa shape index (κ1) is 33.5. The molecule has 5 N–H and O–H groups in total. The fraction of sp³-hybridized carbons (Fsp3) is 0.516. The lowest BCUT2D eigenvalue weighted by atomic mass is 9.67. The molecule has 0 bridgehead atoms. The summed E-state index contributed by atoms with van der Waals surface area (Å²) in [7, 11) is 1.27. The third-order valence-electron chi connectivity index (χ3n) is 8.57. The second-order valence-corrected chi connectivity index (χ2v) is 11.9. The average Bonchev–Trinajstić information content (AvgIpc) is 3.40. The van der Waals surface area contributed by atoms with Gasteiger partial charge in [-0.15, -0.1) is 0 Å². The van der Waals surface area contributed by atoms with E-state index in [1.54, 1.807) is 32.9 Å². The number of hydrogen-bond donors (Lipinski definition) is 5. The van der Waals surface area contributed by atoms with Crippen LogP contribution in [0.2, 0.25) is 0 Å². The topological polar surface area (TPSA) is 202 Å². The van der Waals surface area contributed by atoms with Gasteiger partial charge >= 0.3 is 5.63 Å². The quantitative estimate of drug-likeness (QED) is 0.180. The van der Waals surface area contributed by atoms with Gasteiger partial charge in [-0.25, -0.2) is 4.79 Å². The molecule has 2 aromatic rings. The van der Waals surface area contributed by atoms with E-state index >= 15 is 0 Å². The third kappa shape index (κ3) is 6.12. The van der Waals surface area contributed by atoms with Crippen molar-refractivity contribution in [1.29, 1.82) is 0 Å². The number of fused-ring (bicyclic) bond motifs is 2. The number of nitrogens with one attached hydrogen (secondary N) is 5. The monoisotopic (exact) mass is 625 g/mol. The molecule has 2 aliphatic rings. The summed E-state index contributed by atoms with van der Waals surface area (Å²) < 4.78 is 10.7. The van der Waals surface area contributed by atoms with E-state index < -0.39 is 64.3 Å². The molecule has 0 radical (unpaired) electrons. The highest BCUT2D eigenvalue weighted by Crippen LogP contribution is 2.42. The van der Waals surface area contributed by atoms with Crippen LogP contribution in [0.5, 0.6) is 0 Å². The summed E-state index contributed by atoms with van der Waals surface area (Å²) in [6, 6.07) is 2.97. The van der Waals surface area contributed by atoms with Crippen molar-refractivity contribution in [1.82, 2.24) is 21.3 Å². The van der Waals surface area contributed by atoms with E-state index in [1.165, 1.54) is 33.1 Å². The maximum absolute atomic E-state index is 13.5. The molecule has 4 rings (SSSR count). The van der Waals surface area contributed by atoms with Gasteiger partial charge in [-0.05, 0) is 57.4 Å². The van der Waals surface area contributed by atoms with Crippen LogP contribution < -0.4 is 32.2 Å². The van der Waals surface area contributed by atoms with Crippen LogP contribution in [0.15, 0.2) is 33.5 Å². The van der Waals surface area contributed by atoms with Gasteiger partial charge in [0.15, 0.2) is 22.7 Å². The molecule has 14 heteroatoms. The Bertz CT molecular complexity index is 1620. The van der Waals surface area contributed by atoms with E-state index in [4.69, 9.17) is 9.15 Å². The predicted octanol–water partition coefficient (Wildman–Crippen LogP) is 0.239. The van der Waals surface area contributed by atoms with E-state index in [9.17, 15) is 33.6 Å².